The lowest BCUT2D eigenvalue weighted by molar-refractivity contribution is 0.313. The van der Waals surface area contributed by atoms with Crippen molar-refractivity contribution >= 4 is 38.9 Å². The first-order chi connectivity index (χ1) is 17.0. The Bertz CT molecular complexity index is 1300. The highest BCUT2D eigenvalue weighted by Gasteiger charge is 2.22. The number of sulfonamides is 1. The number of benzene rings is 2. The number of nitrogens with zero attached hydrogens (tertiary/aromatic N) is 4. The molecule has 0 saturated carbocycles. The van der Waals surface area contributed by atoms with Crippen LogP contribution in [-0.4, -0.2) is 62.1 Å². The van der Waals surface area contributed by atoms with Gasteiger partial charge >= 0.3 is 0 Å². The highest BCUT2D eigenvalue weighted by Crippen LogP contribution is 2.25. The second-order valence-corrected chi connectivity index (χ2v) is 11.9. The number of likely N-dealkylation sites (N-methyl/N-ethyl adjacent to an activating group) is 1. The zero-order valence-corrected chi connectivity index (χ0v) is 22.4. The van der Waals surface area contributed by atoms with Gasteiger partial charge in [-0.05, 0) is 77.2 Å². The van der Waals surface area contributed by atoms with E-state index in [1.54, 1.807) is 24.4 Å². The second kappa shape index (κ2) is 11.5. The van der Waals surface area contributed by atoms with Gasteiger partial charge in [0.1, 0.15) is 5.82 Å². The van der Waals surface area contributed by atoms with E-state index in [1.165, 1.54) is 5.69 Å². The maximum absolute atomic E-state index is 12.7. The van der Waals surface area contributed by atoms with E-state index >= 15 is 0 Å². The molecule has 0 atom stereocenters. The number of anilines is 5. The van der Waals surface area contributed by atoms with Gasteiger partial charge in [0.05, 0.1) is 4.90 Å². The molecule has 200 valence electrons. The highest BCUT2D eigenvalue weighted by molar-refractivity contribution is 7.89. The van der Waals surface area contributed by atoms with E-state index in [4.69, 9.17) is 0 Å². The summed E-state index contributed by atoms with van der Waals surface area (Å²) in [6.45, 7) is 11.5. The lowest BCUT2D eigenvalue weighted by Crippen LogP contribution is -2.44. The fourth-order valence-corrected chi connectivity index (χ4v) is 5.38. The minimum atomic E-state index is -3.65. The highest BCUT2D eigenvalue weighted by atomic mass is 32.2. The quantitative estimate of drug-likeness (QED) is 0.407. The van der Waals surface area contributed by atoms with Crippen LogP contribution >= 0.6 is 0 Å². The normalized spacial score (nSPS) is 14.7. The topological polar surface area (TPSA) is 102 Å². The monoisotopic (exact) mass is 525 g/mol. The minimum Gasteiger partial charge on any atom is -0.369 e. The van der Waals surface area contributed by atoms with Gasteiger partial charge in [-0.25, -0.2) is 18.1 Å². The molecule has 1 aliphatic heterocycles. The molecule has 3 N–H and O–H groups in total. The molecule has 9 nitrogen and oxygen atoms in total. The molecule has 1 saturated heterocycles. The molecule has 0 spiro atoms. The molecule has 2 heterocycles. The lowest BCUT2D eigenvalue weighted by Gasteiger charge is -2.34. The Balaban J connectivity index is 0.00000380. The third-order valence-electron chi connectivity index (χ3n) is 5.81. The molecular formula is C27H39N7O2S. The average molecular weight is 526 g/mol. The molecule has 4 rings (SSSR count). The summed E-state index contributed by atoms with van der Waals surface area (Å²) in [4.78, 5) is 13.9. The number of hydrogen-bond acceptors (Lipinski definition) is 8. The Morgan fingerprint density at radius 1 is 0.919 bits per heavy atom. The van der Waals surface area contributed by atoms with Crippen LogP contribution in [0.2, 0.25) is 0 Å². The first-order valence-electron chi connectivity index (χ1n) is 12.0. The Morgan fingerprint density at radius 3 is 2.24 bits per heavy atom. The zero-order valence-electron chi connectivity index (χ0n) is 21.5. The van der Waals surface area contributed by atoms with Gasteiger partial charge in [0.25, 0.3) is 0 Å². The number of aromatic nitrogens is 2. The first-order valence-corrected chi connectivity index (χ1v) is 13.5. The van der Waals surface area contributed by atoms with Crippen molar-refractivity contribution in [1.82, 2.24) is 19.6 Å². The van der Waals surface area contributed by atoms with Crippen LogP contribution in [0, 0.1) is 6.92 Å². The Kier molecular flexibility index (Phi) is 8.78. The van der Waals surface area contributed by atoms with E-state index in [-0.39, 0.29) is 12.3 Å². The van der Waals surface area contributed by atoms with E-state index < -0.39 is 15.6 Å². The van der Waals surface area contributed by atoms with Crippen LogP contribution in [0.3, 0.4) is 0 Å². The number of aryl methyl sites for hydroxylation is 1. The Hall–Kier alpha value is -3.21. The molecule has 10 heteroatoms. The van der Waals surface area contributed by atoms with Crippen LogP contribution in [0.4, 0.5) is 28.8 Å². The van der Waals surface area contributed by atoms with E-state index in [0.717, 1.165) is 37.4 Å². The number of nitrogens with one attached hydrogen (secondary N) is 3. The fourth-order valence-electron chi connectivity index (χ4n) is 3.92. The SMILES string of the molecule is C.Cc1cnc(Nc2ccc(N3CCN(C)CC3)cc2)nc1Nc1cccc(S(=O)(=O)NC(C)(C)C)c1. The van der Waals surface area contributed by atoms with Gasteiger partial charge in [-0.1, -0.05) is 13.5 Å². The van der Waals surface area contributed by atoms with Gasteiger partial charge in [-0.15, -0.1) is 0 Å². The van der Waals surface area contributed by atoms with Crippen molar-refractivity contribution < 1.29 is 8.42 Å². The number of piperazine rings is 1. The molecule has 0 amide bonds. The summed E-state index contributed by atoms with van der Waals surface area (Å²) in [7, 11) is -1.50. The molecule has 2 aromatic carbocycles. The van der Waals surface area contributed by atoms with Gasteiger partial charge in [-0.2, -0.15) is 4.98 Å². The summed E-state index contributed by atoms with van der Waals surface area (Å²) in [5.41, 5.74) is 2.98. The van der Waals surface area contributed by atoms with Crippen LogP contribution in [0.15, 0.2) is 59.6 Å². The molecule has 3 aromatic rings. The van der Waals surface area contributed by atoms with E-state index in [2.05, 4.69) is 54.3 Å². The van der Waals surface area contributed by atoms with Crippen LogP contribution < -0.4 is 20.3 Å². The molecule has 1 fully saturated rings. The molecule has 1 aromatic heterocycles. The molecule has 1 aliphatic rings. The van der Waals surface area contributed by atoms with Gasteiger partial charge in [0, 0.05) is 60.5 Å². The first kappa shape index (κ1) is 28.4. The summed E-state index contributed by atoms with van der Waals surface area (Å²) in [6.07, 6.45) is 1.73. The smallest absolute Gasteiger partial charge is 0.241 e. The van der Waals surface area contributed by atoms with Gasteiger partial charge < -0.3 is 20.4 Å². The maximum atomic E-state index is 12.7. The second-order valence-electron chi connectivity index (χ2n) is 10.2. The predicted octanol–water partition coefficient (Wildman–Crippen LogP) is 4.74. The van der Waals surface area contributed by atoms with Gasteiger partial charge in [0.2, 0.25) is 16.0 Å². The molecule has 0 unspecified atom stereocenters. The largest absolute Gasteiger partial charge is 0.369 e. The molecule has 0 radical (unpaired) electrons. The van der Waals surface area contributed by atoms with Crippen LogP contribution in [0.5, 0.6) is 0 Å². The number of hydrogen-bond donors (Lipinski definition) is 3. The maximum Gasteiger partial charge on any atom is 0.241 e. The van der Waals surface area contributed by atoms with Crippen molar-refractivity contribution in [3.63, 3.8) is 0 Å². The van der Waals surface area contributed by atoms with Crippen molar-refractivity contribution in [2.24, 2.45) is 0 Å². The predicted molar refractivity (Wildman–Crippen MR) is 153 cm³/mol. The molecule has 0 bridgehead atoms. The third-order valence-corrected chi connectivity index (χ3v) is 7.57. The van der Waals surface area contributed by atoms with Crippen LogP contribution in [-0.2, 0) is 10.0 Å². The summed E-state index contributed by atoms with van der Waals surface area (Å²) in [6, 6.07) is 15.0. The number of rotatable bonds is 7. The van der Waals surface area contributed by atoms with Crippen molar-refractivity contribution in [1.29, 1.82) is 0 Å². The van der Waals surface area contributed by atoms with Crippen molar-refractivity contribution in [3.05, 3.63) is 60.3 Å². The van der Waals surface area contributed by atoms with Crippen LogP contribution in [0.25, 0.3) is 0 Å². The van der Waals surface area contributed by atoms with Crippen LogP contribution in [0.1, 0.15) is 33.8 Å². The van der Waals surface area contributed by atoms with Crippen molar-refractivity contribution in [2.75, 3.05) is 48.8 Å². The molecule has 37 heavy (non-hydrogen) atoms. The molecule has 0 aliphatic carbocycles. The summed E-state index contributed by atoms with van der Waals surface area (Å²) in [5, 5.41) is 6.50. The van der Waals surface area contributed by atoms with E-state index in [0.29, 0.717) is 17.5 Å². The summed E-state index contributed by atoms with van der Waals surface area (Å²) < 4.78 is 28.2. The van der Waals surface area contributed by atoms with Gasteiger partial charge in [0.15, 0.2) is 0 Å². The summed E-state index contributed by atoms with van der Waals surface area (Å²) >= 11 is 0. The molecular weight excluding hydrogens is 486 g/mol. The minimum absolute atomic E-state index is 0. The van der Waals surface area contributed by atoms with Gasteiger partial charge in [-0.3, -0.25) is 0 Å². The van der Waals surface area contributed by atoms with Crippen molar-refractivity contribution in [3.8, 4) is 0 Å². The fraction of sp³-hybridized carbons (Fsp3) is 0.407. The Morgan fingerprint density at radius 2 is 1.59 bits per heavy atom. The Labute approximate surface area is 221 Å². The standard InChI is InChI=1S/C26H35N7O2S.CH4/c1-19-18-27-25(29-20-9-11-22(12-10-20)33-15-13-32(5)14-16-33)30-24(19)28-21-7-6-8-23(17-21)36(34,35)31-26(2,3)4;/h6-12,17-18,31H,13-16H2,1-5H3,(H2,27,28,29,30);1H4. The zero-order chi connectivity index (χ0) is 25.9. The van der Waals surface area contributed by atoms with E-state index in [9.17, 15) is 8.42 Å². The third kappa shape index (κ3) is 7.64. The van der Waals surface area contributed by atoms with E-state index in [1.807, 2.05) is 45.9 Å². The van der Waals surface area contributed by atoms with Crippen molar-refractivity contribution in [2.45, 2.75) is 45.6 Å². The lowest BCUT2D eigenvalue weighted by atomic mass is 10.1. The summed E-state index contributed by atoms with van der Waals surface area (Å²) in [5.74, 6) is 1.05. The average Bonchev–Trinajstić information content (AvgIpc) is 2.81.